The molecular weight excluding hydrogens is 234 g/mol. The summed E-state index contributed by atoms with van der Waals surface area (Å²) in [4.78, 5) is 24.9. The van der Waals surface area contributed by atoms with E-state index in [0.717, 1.165) is 11.2 Å². The van der Waals surface area contributed by atoms with Gasteiger partial charge >= 0.3 is 0 Å². The second-order valence-electron chi connectivity index (χ2n) is 4.07. The van der Waals surface area contributed by atoms with Crippen LogP contribution in [-0.2, 0) is 4.79 Å². The summed E-state index contributed by atoms with van der Waals surface area (Å²) in [7, 11) is 1.81. The van der Waals surface area contributed by atoms with Crippen LogP contribution in [0.2, 0.25) is 0 Å². The second kappa shape index (κ2) is 6.45. The maximum absolute atomic E-state index is 11.7. The highest BCUT2D eigenvalue weighted by Gasteiger charge is 2.11. The molecule has 0 bridgehead atoms. The van der Waals surface area contributed by atoms with Crippen molar-refractivity contribution in [2.75, 3.05) is 12.8 Å². The van der Waals surface area contributed by atoms with E-state index in [9.17, 15) is 9.59 Å². The third kappa shape index (κ3) is 4.23. The van der Waals surface area contributed by atoms with Crippen molar-refractivity contribution < 1.29 is 9.59 Å². The minimum absolute atomic E-state index is 0.115. The minimum Gasteiger partial charge on any atom is -0.343 e. The van der Waals surface area contributed by atoms with E-state index in [0.29, 0.717) is 11.3 Å². The number of rotatable bonds is 5. The third-order valence-corrected chi connectivity index (χ3v) is 3.54. The number of hydrogen-bond acceptors (Lipinski definition) is 3. The number of carbonyl (C=O) groups excluding carboxylic acids is 2. The summed E-state index contributed by atoms with van der Waals surface area (Å²) in [6, 6.07) is 7.45. The molecule has 1 amide bonds. The lowest BCUT2D eigenvalue weighted by molar-refractivity contribution is -0.128. The third-order valence-electron chi connectivity index (χ3n) is 2.55. The van der Waals surface area contributed by atoms with Gasteiger partial charge in [0, 0.05) is 23.5 Å². The topological polar surface area (TPSA) is 37.4 Å². The molecule has 0 N–H and O–H groups in total. The number of aldehydes is 1. The van der Waals surface area contributed by atoms with Gasteiger partial charge in [-0.15, -0.1) is 11.8 Å². The minimum atomic E-state index is 0.115. The molecule has 0 fully saturated rings. The zero-order valence-corrected chi connectivity index (χ0v) is 11.2. The van der Waals surface area contributed by atoms with Crippen LogP contribution < -0.4 is 0 Å². The highest BCUT2D eigenvalue weighted by Crippen LogP contribution is 2.18. The van der Waals surface area contributed by atoms with Crippen LogP contribution in [0, 0.1) is 0 Å². The lowest BCUT2D eigenvalue weighted by atomic mass is 10.2. The maximum Gasteiger partial charge on any atom is 0.232 e. The van der Waals surface area contributed by atoms with E-state index in [-0.39, 0.29) is 11.9 Å². The lowest BCUT2D eigenvalue weighted by Gasteiger charge is -2.21. The first-order valence-corrected chi connectivity index (χ1v) is 6.47. The molecule has 0 radical (unpaired) electrons. The van der Waals surface area contributed by atoms with Gasteiger partial charge in [0.05, 0.1) is 5.75 Å². The summed E-state index contributed by atoms with van der Waals surface area (Å²) in [5.74, 6) is 0.541. The van der Waals surface area contributed by atoms with E-state index in [1.165, 1.54) is 11.8 Å². The van der Waals surface area contributed by atoms with E-state index in [1.807, 2.05) is 33.0 Å². The smallest absolute Gasteiger partial charge is 0.232 e. The molecule has 1 aromatic rings. The fourth-order valence-corrected chi connectivity index (χ4v) is 2.00. The second-order valence-corrected chi connectivity index (χ2v) is 5.12. The first-order chi connectivity index (χ1) is 8.04. The average Bonchev–Trinajstić information content (AvgIpc) is 2.35. The van der Waals surface area contributed by atoms with Gasteiger partial charge in [0.15, 0.2) is 0 Å². The largest absolute Gasteiger partial charge is 0.343 e. The normalized spacial score (nSPS) is 10.4. The number of thioether (sulfide) groups is 1. The molecule has 0 aliphatic heterocycles. The van der Waals surface area contributed by atoms with Gasteiger partial charge in [-0.25, -0.2) is 0 Å². The molecule has 0 aromatic heterocycles. The monoisotopic (exact) mass is 251 g/mol. The van der Waals surface area contributed by atoms with Crippen molar-refractivity contribution in [3.8, 4) is 0 Å². The van der Waals surface area contributed by atoms with Crippen molar-refractivity contribution in [1.29, 1.82) is 0 Å². The Kier molecular flexibility index (Phi) is 5.22. The summed E-state index contributed by atoms with van der Waals surface area (Å²) >= 11 is 1.49. The standard InChI is InChI=1S/C13H17NO2S/c1-10(2)14(3)13(16)9-17-12-6-4-11(8-15)5-7-12/h4-8,10H,9H2,1-3H3. The molecule has 0 heterocycles. The Morgan fingerprint density at radius 2 is 1.94 bits per heavy atom. The fraction of sp³-hybridized carbons (Fsp3) is 0.385. The predicted molar refractivity (Wildman–Crippen MR) is 70.5 cm³/mol. The number of carbonyl (C=O) groups is 2. The van der Waals surface area contributed by atoms with Crippen LogP contribution in [0.1, 0.15) is 24.2 Å². The van der Waals surface area contributed by atoms with Crippen LogP contribution in [0.5, 0.6) is 0 Å². The quantitative estimate of drug-likeness (QED) is 0.596. The summed E-state index contributed by atoms with van der Waals surface area (Å²) in [5, 5.41) is 0. The van der Waals surface area contributed by atoms with Gasteiger partial charge in [-0.3, -0.25) is 9.59 Å². The van der Waals surface area contributed by atoms with Gasteiger partial charge in [0.25, 0.3) is 0 Å². The maximum atomic E-state index is 11.7. The van der Waals surface area contributed by atoms with Crippen molar-refractivity contribution in [2.24, 2.45) is 0 Å². The van der Waals surface area contributed by atoms with Crippen molar-refractivity contribution in [3.05, 3.63) is 29.8 Å². The van der Waals surface area contributed by atoms with Gasteiger partial charge in [-0.2, -0.15) is 0 Å². The van der Waals surface area contributed by atoms with Crippen molar-refractivity contribution in [1.82, 2.24) is 4.90 Å². The van der Waals surface area contributed by atoms with Gasteiger partial charge in [0.1, 0.15) is 6.29 Å². The van der Waals surface area contributed by atoms with Crippen LogP contribution in [0.3, 0.4) is 0 Å². The number of benzene rings is 1. The van der Waals surface area contributed by atoms with Crippen LogP contribution in [0.15, 0.2) is 29.2 Å². The van der Waals surface area contributed by atoms with E-state index >= 15 is 0 Å². The number of hydrogen-bond donors (Lipinski definition) is 0. The Hall–Kier alpha value is -1.29. The van der Waals surface area contributed by atoms with Crippen LogP contribution in [-0.4, -0.2) is 35.9 Å². The van der Waals surface area contributed by atoms with E-state index in [4.69, 9.17) is 0 Å². The zero-order chi connectivity index (χ0) is 12.8. The van der Waals surface area contributed by atoms with E-state index in [2.05, 4.69) is 0 Å². The Balaban J connectivity index is 2.50. The molecule has 0 unspecified atom stereocenters. The van der Waals surface area contributed by atoms with Crippen LogP contribution >= 0.6 is 11.8 Å². The molecule has 1 aromatic carbocycles. The molecule has 92 valence electrons. The molecule has 4 heteroatoms. The molecule has 17 heavy (non-hydrogen) atoms. The summed E-state index contributed by atoms with van der Waals surface area (Å²) in [6.45, 7) is 3.98. The SMILES string of the molecule is CC(C)N(C)C(=O)CSc1ccc(C=O)cc1. The average molecular weight is 251 g/mol. The number of nitrogens with zero attached hydrogens (tertiary/aromatic N) is 1. The van der Waals surface area contributed by atoms with Crippen molar-refractivity contribution >= 4 is 24.0 Å². The zero-order valence-electron chi connectivity index (χ0n) is 10.3. The van der Waals surface area contributed by atoms with Gasteiger partial charge in [-0.1, -0.05) is 12.1 Å². The van der Waals surface area contributed by atoms with E-state index in [1.54, 1.807) is 17.0 Å². The summed E-state index contributed by atoms with van der Waals surface area (Å²) in [5.41, 5.74) is 0.653. The van der Waals surface area contributed by atoms with Gasteiger partial charge in [-0.05, 0) is 26.0 Å². The summed E-state index contributed by atoms with van der Waals surface area (Å²) in [6.07, 6.45) is 0.812. The summed E-state index contributed by atoms with van der Waals surface area (Å²) < 4.78 is 0. The molecule has 3 nitrogen and oxygen atoms in total. The first kappa shape index (κ1) is 13.8. The molecule has 0 atom stereocenters. The van der Waals surface area contributed by atoms with Crippen LogP contribution in [0.25, 0.3) is 0 Å². The molecule has 0 aliphatic rings. The molecule has 0 spiro atoms. The first-order valence-electron chi connectivity index (χ1n) is 5.48. The van der Waals surface area contributed by atoms with Gasteiger partial charge < -0.3 is 4.90 Å². The van der Waals surface area contributed by atoms with Crippen molar-refractivity contribution in [3.63, 3.8) is 0 Å². The van der Waals surface area contributed by atoms with E-state index < -0.39 is 0 Å². The van der Waals surface area contributed by atoms with Crippen LogP contribution in [0.4, 0.5) is 0 Å². The lowest BCUT2D eigenvalue weighted by Crippen LogP contribution is -2.34. The Morgan fingerprint density at radius 3 is 2.41 bits per heavy atom. The molecule has 1 rings (SSSR count). The number of amides is 1. The fourth-order valence-electron chi connectivity index (χ4n) is 1.18. The van der Waals surface area contributed by atoms with Gasteiger partial charge in [0.2, 0.25) is 5.91 Å². The Bertz CT molecular complexity index is 387. The Labute approximate surface area is 106 Å². The molecule has 0 saturated carbocycles. The molecule has 0 saturated heterocycles. The highest BCUT2D eigenvalue weighted by atomic mass is 32.2. The molecular formula is C13H17NO2S. The highest BCUT2D eigenvalue weighted by molar-refractivity contribution is 8.00. The Morgan fingerprint density at radius 1 is 1.35 bits per heavy atom. The van der Waals surface area contributed by atoms with Crippen molar-refractivity contribution in [2.45, 2.75) is 24.8 Å². The molecule has 0 aliphatic carbocycles. The predicted octanol–water partition coefficient (Wildman–Crippen LogP) is 2.46.